The lowest BCUT2D eigenvalue weighted by molar-refractivity contribution is 0.209. The Kier molecular flexibility index (Phi) is 4.55. The van der Waals surface area contributed by atoms with E-state index in [-0.39, 0.29) is 0 Å². The lowest BCUT2D eigenvalue weighted by Crippen LogP contribution is -2.49. The zero-order valence-corrected chi connectivity index (χ0v) is 11.5. The van der Waals surface area contributed by atoms with Crippen molar-refractivity contribution >= 4 is 5.82 Å². The molecule has 0 atom stereocenters. The molecule has 4 nitrogen and oxygen atoms in total. The number of aromatic nitrogens is 1. The predicted octanol–water partition coefficient (Wildman–Crippen LogP) is 1.11. The van der Waals surface area contributed by atoms with E-state index in [4.69, 9.17) is 5.73 Å². The van der Waals surface area contributed by atoms with Crippen LogP contribution in [0.5, 0.6) is 0 Å². The van der Waals surface area contributed by atoms with Gasteiger partial charge in [-0.1, -0.05) is 6.07 Å². The highest BCUT2D eigenvalue weighted by atomic mass is 15.3. The summed E-state index contributed by atoms with van der Waals surface area (Å²) in [5.74, 6) is 1.13. The Morgan fingerprint density at radius 2 is 2.00 bits per heavy atom. The van der Waals surface area contributed by atoms with Crippen molar-refractivity contribution in [3.05, 3.63) is 23.9 Å². The van der Waals surface area contributed by atoms with Gasteiger partial charge in [-0.15, -0.1) is 0 Å². The molecule has 1 aromatic heterocycles. The minimum absolute atomic E-state index is 0.638. The summed E-state index contributed by atoms with van der Waals surface area (Å²) in [6, 6.07) is 4.78. The van der Waals surface area contributed by atoms with E-state index in [9.17, 15) is 0 Å². The van der Waals surface area contributed by atoms with Crippen molar-refractivity contribution in [2.45, 2.75) is 26.3 Å². The van der Waals surface area contributed by atoms with Gasteiger partial charge in [0.1, 0.15) is 5.82 Å². The van der Waals surface area contributed by atoms with E-state index < -0.39 is 0 Å². The zero-order valence-electron chi connectivity index (χ0n) is 11.5. The van der Waals surface area contributed by atoms with Crippen LogP contribution in [-0.2, 0) is 6.42 Å². The number of hydrogen-bond donors (Lipinski definition) is 1. The van der Waals surface area contributed by atoms with Crippen LogP contribution in [0, 0.1) is 0 Å². The molecule has 0 aromatic carbocycles. The second kappa shape index (κ2) is 6.16. The largest absolute Gasteiger partial charge is 0.354 e. The molecule has 0 amide bonds. The molecule has 0 aliphatic carbocycles. The van der Waals surface area contributed by atoms with Gasteiger partial charge in [-0.05, 0) is 38.4 Å². The average Bonchev–Trinajstić information content (AvgIpc) is 2.40. The Bertz CT molecular complexity index is 370. The minimum atomic E-state index is 0.638. The van der Waals surface area contributed by atoms with Crippen molar-refractivity contribution in [3.8, 4) is 0 Å². The summed E-state index contributed by atoms with van der Waals surface area (Å²) in [5.41, 5.74) is 6.94. The average molecular weight is 248 g/mol. The second-order valence-electron chi connectivity index (χ2n) is 5.14. The van der Waals surface area contributed by atoms with Crippen LogP contribution in [0.2, 0.25) is 0 Å². The van der Waals surface area contributed by atoms with Crippen LogP contribution in [0.4, 0.5) is 5.82 Å². The van der Waals surface area contributed by atoms with Crippen LogP contribution >= 0.6 is 0 Å². The maximum atomic E-state index is 5.67. The van der Waals surface area contributed by atoms with Gasteiger partial charge in [0.15, 0.2) is 0 Å². The third-order valence-electron chi connectivity index (χ3n) is 3.63. The van der Waals surface area contributed by atoms with E-state index in [0.29, 0.717) is 12.6 Å². The van der Waals surface area contributed by atoms with E-state index >= 15 is 0 Å². The molecule has 18 heavy (non-hydrogen) atoms. The molecule has 4 heteroatoms. The van der Waals surface area contributed by atoms with E-state index in [1.54, 1.807) is 0 Å². The molecule has 0 spiro atoms. The van der Waals surface area contributed by atoms with Gasteiger partial charge in [-0.3, -0.25) is 4.90 Å². The first kappa shape index (κ1) is 13.3. The number of nitrogens with zero attached hydrogens (tertiary/aromatic N) is 3. The molecule has 2 rings (SSSR count). The molecule has 100 valence electrons. The van der Waals surface area contributed by atoms with Crippen molar-refractivity contribution in [2.75, 3.05) is 37.6 Å². The summed E-state index contributed by atoms with van der Waals surface area (Å²) < 4.78 is 0. The molecular weight excluding hydrogens is 224 g/mol. The molecule has 0 saturated carbocycles. The maximum absolute atomic E-state index is 5.67. The van der Waals surface area contributed by atoms with Gasteiger partial charge >= 0.3 is 0 Å². The van der Waals surface area contributed by atoms with Crippen molar-refractivity contribution in [1.82, 2.24) is 9.88 Å². The van der Waals surface area contributed by atoms with Gasteiger partial charge in [-0.2, -0.15) is 0 Å². The Balaban J connectivity index is 2.05. The lowest BCUT2D eigenvalue weighted by Gasteiger charge is -2.38. The van der Waals surface area contributed by atoms with Gasteiger partial charge in [0.05, 0.1) is 0 Å². The Morgan fingerprint density at radius 3 is 2.61 bits per heavy atom. The van der Waals surface area contributed by atoms with Crippen molar-refractivity contribution < 1.29 is 0 Å². The lowest BCUT2D eigenvalue weighted by atomic mass is 10.1. The van der Waals surface area contributed by atoms with Gasteiger partial charge < -0.3 is 10.6 Å². The number of nitrogens with two attached hydrogens (primary N) is 1. The zero-order chi connectivity index (χ0) is 13.0. The fourth-order valence-electron chi connectivity index (χ4n) is 2.52. The number of piperazine rings is 1. The summed E-state index contributed by atoms with van der Waals surface area (Å²) in [6.45, 7) is 9.57. The first-order chi connectivity index (χ1) is 8.72. The first-order valence-corrected chi connectivity index (χ1v) is 6.85. The summed E-state index contributed by atoms with van der Waals surface area (Å²) in [4.78, 5) is 9.45. The Labute approximate surface area is 110 Å². The fraction of sp³-hybridized carbons (Fsp3) is 0.643. The number of pyridine rings is 1. The highest BCUT2D eigenvalue weighted by Crippen LogP contribution is 2.19. The van der Waals surface area contributed by atoms with Gasteiger partial charge in [0, 0.05) is 38.4 Å². The summed E-state index contributed by atoms with van der Waals surface area (Å²) in [5, 5.41) is 0. The van der Waals surface area contributed by atoms with Gasteiger partial charge in [0.2, 0.25) is 0 Å². The fourth-order valence-corrected chi connectivity index (χ4v) is 2.52. The monoisotopic (exact) mass is 248 g/mol. The van der Waals surface area contributed by atoms with Crippen LogP contribution in [-0.4, -0.2) is 48.6 Å². The highest BCUT2D eigenvalue weighted by molar-refractivity contribution is 5.47. The molecule has 0 bridgehead atoms. The predicted molar refractivity (Wildman–Crippen MR) is 75.9 cm³/mol. The standard InChI is InChI=1S/C14H24N4/c1-12(2)17-8-10-18(11-9-17)14-13(5-6-15)4-3-7-16-14/h3-4,7,12H,5-6,8-11,15H2,1-2H3. The van der Waals surface area contributed by atoms with Crippen LogP contribution in [0.3, 0.4) is 0 Å². The van der Waals surface area contributed by atoms with Crippen LogP contribution in [0.25, 0.3) is 0 Å². The molecular formula is C14H24N4. The molecule has 1 aromatic rings. The molecule has 1 aliphatic rings. The Morgan fingerprint density at radius 1 is 1.28 bits per heavy atom. The van der Waals surface area contributed by atoms with Crippen LogP contribution in [0.15, 0.2) is 18.3 Å². The van der Waals surface area contributed by atoms with Crippen LogP contribution < -0.4 is 10.6 Å². The SMILES string of the molecule is CC(C)N1CCN(c2ncccc2CCN)CC1. The summed E-state index contributed by atoms with van der Waals surface area (Å²) in [7, 11) is 0. The first-order valence-electron chi connectivity index (χ1n) is 6.85. The molecule has 1 aliphatic heterocycles. The van der Waals surface area contributed by atoms with E-state index in [0.717, 1.165) is 38.4 Å². The second-order valence-corrected chi connectivity index (χ2v) is 5.14. The van der Waals surface area contributed by atoms with E-state index in [2.05, 4.69) is 34.7 Å². The Hall–Kier alpha value is -1.13. The van der Waals surface area contributed by atoms with Crippen molar-refractivity contribution in [2.24, 2.45) is 5.73 Å². The van der Waals surface area contributed by atoms with Crippen molar-refractivity contribution in [1.29, 1.82) is 0 Å². The number of anilines is 1. The topological polar surface area (TPSA) is 45.4 Å². The molecule has 0 unspecified atom stereocenters. The molecule has 2 N–H and O–H groups in total. The smallest absolute Gasteiger partial charge is 0.131 e. The maximum Gasteiger partial charge on any atom is 0.131 e. The third kappa shape index (κ3) is 3.00. The van der Waals surface area contributed by atoms with Gasteiger partial charge in [0.25, 0.3) is 0 Å². The van der Waals surface area contributed by atoms with Crippen LogP contribution in [0.1, 0.15) is 19.4 Å². The van der Waals surface area contributed by atoms with E-state index in [1.807, 2.05) is 12.3 Å². The van der Waals surface area contributed by atoms with Gasteiger partial charge in [-0.25, -0.2) is 4.98 Å². The molecule has 1 saturated heterocycles. The summed E-state index contributed by atoms with van der Waals surface area (Å²) >= 11 is 0. The molecule has 0 radical (unpaired) electrons. The minimum Gasteiger partial charge on any atom is -0.354 e. The van der Waals surface area contributed by atoms with Crippen molar-refractivity contribution in [3.63, 3.8) is 0 Å². The van der Waals surface area contributed by atoms with E-state index in [1.165, 1.54) is 5.56 Å². The number of hydrogen-bond acceptors (Lipinski definition) is 4. The normalized spacial score (nSPS) is 17.4. The quantitative estimate of drug-likeness (QED) is 0.867. The summed E-state index contributed by atoms with van der Waals surface area (Å²) in [6.07, 6.45) is 2.79. The number of rotatable bonds is 4. The highest BCUT2D eigenvalue weighted by Gasteiger charge is 2.20. The third-order valence-corrected chi connectivity index (χ3v) is 3.63. The molecule has 2 heterocycles. The molecule has 1 fully saturated rings.